The van der Waals surface area contributed by atoms with Crippen LogP contribution in [0.4, 0.5) is 5.69 Å². The molecular formula is C15H21BrN2O2. The first kappa shape index (κ1) is 15.5. The number of anilines is 1. The minimum Gasteiger partial charge on any atom is -0.395 e. The van der Waals surface area contributed by atoms with Crippen molar-refractivity contribution in [1.29, 1.82) is 0 Å². The molecule has 2 N–H and O–H groups in total. The van der Waals surface area contributed by atoms with Gasteiger partial charge >= 0.3 is 0 Å². The fourth-order valence-corrected chi connectivity index (χ4v) is 3.16. The summed E-state index contributed by atoms with van der Waals surface area (Å²) < 4.78 is 0.892. The molecule has 1 fully saturated rings. The maximum Gasteiger partial charge on any atom is 0.238 e. The van der Waals surface area contributed by atoms with Crippen LogP contribution in [0.15, 0.2) is 22.7 Å². The van der Waals surface area contributed by atoms with Crippen molar-refractivity contribution in [3.05, 3.63) is 28.2 Å². The number of likely N-dealkylation sites (tertiary alicyclic amines) is 1. The lowest BCUT2D eigenvalue weighted by molar-refractivity contribution is -0.118. The second-order valence-corrected chi connectivity index (χ2v) is 6.19. The van der Waals surface area contributed by atoms with Gasteiger partial charge in [0.2, 0.25) is 5.91 Å². The highest BCUT2D eigenvalue weighted by molar-refractivity contribution is 9.10. The summed E-state index contributed by atoms with van der Waals surface area (Å²) in [5.74, 6) is -0.0325. The van der Waals surface area contributed by atoms with Crippen LogP contribution < -0.4 is 5.32 Å². The van der Waals surface area contributed by atoms with Gasteiger partial charge in [0.1, 0.15) is 0 Å². The number of carbonyl (C=O) groups is 1. The van der Waals surface area contributed by atoms with Crippen LogP contribution in [0.1, 0.15) is 24.8 Å². The van der Waals surface area contributed by atoms with Crippen LogP contribution in [0.3, 0.4) is 0 Å². The summed E-state index contributed by atoms with van der Waals surface area (Å²) >= 11 is 3.46. The van der Waals surface area contributed by atoms with Crippen molar-refractivity contribution < 1.29 is 9.90 Å². The Morgan fingerprint density at radius 3 is 3.00 bits per heavy atom. The van der Waals surface area contributed by atoms with Crippen LogP contribution >= 0.6 is 15.9 Å². The molecule has 0 bridgehead atoms. The van der Waals surface area contributed by atoms with Gasteiger partial charge in [-0.3, -0.25) is 9.69 Å². The zero-order valence-electron chi connectivity index (χ0n) is 11.7. The summed E-state index contributed by atoms with van der Waals surface area (Å²) in [5, 5.41) is 12.3. The summed E-state index contributed by atoms with van der Waals surface area (Å²) in [5.41, 5.74) is 1.93. The zero-order valence-corrected chi connectivity index (χ0v) is 13.3. The van der Waals surface area contributed by atoms with Crippen LogP contribution in [-0.2, 0) is 4.79 Å². The number of nitrogens with one attached hydrogen (secondary N) is 1. The molecule has 0 aromatic heterocycles. The maximum absolute atomic E-state index is 12.1. The van der Waals surface area contributed by atoms with Gasteiger partial charge in [0.05, 0.1) is 18.8 Å². The number of carbonyl (C=O) groups excluding carboxylic acids is 1. The minimum absolute atomic E-state index is 0.0325. The zero-order chi connectivity index (χ0) is 14.5. The first-order valence-corrected chi connectivity index (χ1v) is 7.80. The van der Waals surface area contributed by atoms with E-state index in [-0.39, 0.29) is 18.6 Å². The summed E-state index contributed by atoms with van der Waals surface area (Å²) in [6, 6.07) is 5.97. The molecule has 1 heterocycles. The second-order valence-electron chi connectivity index (χ2n) is 5.33. The Morgan fingerprint density at radius 1 is 1.50 bits per heavy atom. The van der Waals surface area contributed by atoms with E-state index in [4.69, 9.17) is 0 Å². The number of aryl methyl sites for hydroxylation is 1. The number of aliphatic hydroxyl groups excluding tert-OH is 1. The van der Waals surface area contributed by atoms with Crippen molar-refractivity contribution in [2.45, 2.75) is 32.2 Å². The van der Waals surface area contributed by atoms with Crippen LogP contribution in [0.2, 0.25) is 0 Å². The molecule has 1 aromatic rings. The van der Waals surface area contributed by atoms with Crippen molar-refractivity contribution in [3.8, 4) is 0 Å². The van der Waals surface area contributed by atoms with Gasteiger partial charge in [-0.1, -0.05) is 12.5 Å². The average molecular weight is 341 g/mol. The first-order valence-electron chi connectivity index (χ1n) is 7.01. The Hall–Kier alpha value is -0.910. The highest BCUT2D eigenvalue weighted by Gasteiger charge is 2.23. The smallest absolute Gasteiger partial charge is 0.238 e. The molecule has 1 saturated heterocycles. The Balaban J connectivity index is 1.94. The van der Waals surface area contributed by atoms with E-state index in [0.29, 0.717) is 6.54 Å². The number of rotatable bonds is 4. The largest absolute Gasteiger partial charge is 0.395 e. The predicted molar refractivity (Wildman–Crippen MR) is 83.8 cm³/mol. The Labute approximate surface area is 128 Å². The lowest BCUT2D eigenvalue weighted by Crippen LogP contribution is -2.45. The SMILES string of the molecule is Cc1ccc(NC(=O)CN2CCCCC2CO)c(Br)c1. The van der Waals surface area contributed by atoms with Crippen molar-refractivity contribution >= 4 is 27.5 Å². The molecule has 1 aromatic carbocycles. The standard InChI is InChI=1S/C15H21BrN2O2/c1-11-5-6-14(13(16)8-11)17-15(20)9-18-7-3-2-4-12(18)10-19/h5-6,8,12,19H,2-4,7,9-10H2,1H3,(H,17,20). The molecule has 0 saturated carbocycles. The minimum atomic E-state index is -0.0325. The van der Waals surface area contributed by atoms with Crippen molar-refractivity contribution in [2.24, 2.45) is 0 Å². The third kappa shape index (κ3) is 4.04. The van der Waals surface area contributed by atoms with Gasteiger partial charge in [0.15, 0.2) is 0 Å². The highest BCUT2D eigenvalue weighted by Crippen LogP contribution is 2.23. The van der Waals surface area contributed by atoms with E-state index >= 15 is 0 Å². The monoisotopic (exact) mass is 340 g/mol. The lowest BCUT2D eigenvalue weighted by atomic mass is 10.0. The summed E-state index contributed by atoms with van der Waals surface area (Å²) in [6.07, 6.45) is 3.20. The number of benzene rings is 1. The molecule has 5 heteroatoms. The third-order valence-corrected chi connectivity index (χ3v) is 4.36. The van der Waals surface area contributed by atoms with Gasteiger partial charge in [-0.25, -0.2) is 0 Å². The highest BCUT2D eigenvalue weighted by atomic mass is 79.9. The van der Waals surface area contributed by atoms with E-state index in [0.717, 1.165) is 41.5 Å². The Morgan fingerprint density at radius 2 is 2.30 bits per heavy atom. The molecule has 1 aliphatic rings. The van der Waals surface area contributed by atoms with E-state index in [9.17, 15) is 9.90 Å². The molecule has 0 radical (unpaired) electrons. The maximum atomic E-state index is 12.1. The molecule has 0 aliphatic carbocycles. The molecule has 0 spiro atoms. The number of hydrogen-bond donors (Lipinski definition) is 2. The average Bonchev–Trinajstić information content (AvgIpc) is 2.42. The van der Waals surface area contributed by atoms with Gasteiger partial charge in [0, 0.05) is 10.5 Å². The summed E-state index contributed by atoms with van der Waals surface area (Å²) in [7, 11) is 0. The van der Waals surface area contributed by atoms with Gasteiger partial charge in [-0.05, 0) is 59.9 Å². The van der Waals surface area contributed by atoms with Gasteiger partial charge in [0.25, 0.3) is 0 Å². The first-order chi connectivity index (χ1) is 9.60. The summed E-state index contributed by atoms with van der Waals surface area (Å²) in [6.45, 7) is 3.36. The van der Waals surface area contributed by atoms with Crippen molar-refractivity contribution in [1.82, 2.24) is 4.90 Å². The van der Waals surface area contributed by atoms with E-state index in [1.54, 1.807) is 0 Å². The number of piperidine rings is 1. The molecular weight excluding hydrogens is 320 g/mol. The van der Waals surface area contributed by atoms with Gasteiger partial charge in [-0.15, -0.1) is 0 Å². The molecule has 1 atom stereocenters. The number of nitrogens with zero attached hydrogens (tertiary/aromatic N) is 1. The van der Waals surface area contributed by atoms with E-state index in [1.807, 2.05) is 25.1 Å². The van der Waals surface area contributed by atoms with Crippen molar-refractivity contribution in [3.63, 3.8) is 0 Å². The van der Waals surface area contributed by atoms with E-state index in [2.05, 4.69) is 26.1 Å². The lowest BCUT2D eigenvalue weighted by Gasteiger charge is -2.33. The van der Waals surface area contributed by atoms with Gasteiger partial charge in [-0.2, -0.15) is 0 Å². The van der Waals surface area contributed by atoms with Crippen LogP contribution in [-0.4, -0.2) is 41.7 Å². The van der Waals surface area contributed by atoms with E-state index < -0.39 is 0 Å². The summed E-state index contributed by atoms with van der Waals surface area (Å²) in [4.78, 5) is 14.2. The number of halogens is 1. The fourth-order valence-electron chi connectivity index (χ4n) is 2.57. The van der Waals surface area contributed by atoms with Crippen LogP contribution in [0.25, 0.3) is 0 Å². The quantitative estimate of drug-likeness (QED) is 0.885. The van der Waals surface area contributed by atoms with E-state index in [1.165, 1.54) is 0 Å². The molecule has 2 rings (SSSR count). The Bertz CT molecular complexity index is 479. The fraction of sp³-hybridized carbons (Fsp3) is 0.533. The molecule has 1 aliphatic heterocycles. The number of hydrogen-bond acceptors (Lipinski definition) is 3. The molecule has 4 nitrogen and oxygen atoms in total. The number of amides is 1. The number of aliphatic hydroxyl groups is 1. The Kier molecular flexibility index (Phi) is 5.57. The molecule has 1 unspecified atom stereocenters. The van der Waals surface area contributed by atoms with Crippen LogP contribution in [0, 0.1) is 6.92 Å². The molecule has 110 valence electrons. The predicted octanol–water partition coefficient (Wildman–Crippen LogP) is 2.54. The van der Waals surface area contributed by atoms with Gasteiger partial charge < -0.3 is 10.4 Å². The van der Waals surface area contributed by atoms with Crippen molar-refractivity contribution in [2.75, 3.05) is 25.0 Å². The topological polar surface area (TPSA) is 52.6 Å². The third-order valence-electron chi connectivity index (χ3n) is 3.71. The molecule has 20 heavy (non-hydrogen) atoms. The second kappa shape index (κ2) is 7.20. The normalized spacial score (nSPS) is 19.9. The van der Waals surface area contributed by atoms with Crippen LogP contribution in [0.5, 0.6) is 0 Å². The molecule has 1 amide bonds.